The Balaban J connectivity index is 1.94. The number of carbonyl (C=O) groups excluding carboxylic acids is 1. The number of thiophene rings is 1. The van der Waals surface area contributed by atoms with Crippen molar-refractivity contribution in [3.8, 4) is 0 Å². The van der Waals surface area contributed by atoms with Crippen LogP contribution in [0.5, 0.6) is 0 Å². The number of nitrogens with one attached hydrogen (secondary N) is 1. The molecule has 5 nitrogen and oxygen atoms in total. The molecule has 0 radical (unpaired) electrons. The average Bonchev–Trinajstić information content (AvgIpc) is 2.98. The van der Waals surface area contributed by atoms with E-state index >= 15 is 0 Å². The van der Waals surface area contributed by atoms with Crippen molar-refractivity contribution in [3.05, 3.63) is 46.1 Å². The zero-order chi connectivity index (χ0) is 16.4. The Kier molecular flexibility index (Phi) is 4.45. The van der Waals surface area contributed by atoms with Gasteiger partial charge in [0.25, 0.3) is 0 Å². The fourth-order valence-electron chi connectivity index (χ4n) is 2.16. The highest BCUT2D eigenvalue weighted by Crippen LogP contribution is 2.31. The van der Waals surface area contributed by atoms with Gasteiger partial charge in [-0.15, -0.1) is 11.3 Å². The lowest BCUT2D eigenvalue weighted by atomic mass is 10.2. The number of aryl methyl sites for hydroxylation is 1. The van der Waals surface area contributed by atoms with Crippen molar-refractivity contribution in [3.63, 3.8) is 0 Å². The van der Waals surface area contributed by atoms with E-state index in [4.69, 9.17) is 11.6 Å². The van der Waals surface area contributed by atoms with Crippen LogP contribution < -0.4 is 5.32 Å². The van der Waals surface area contributed by atoms with E-state index in [-0.39, 0.29) is 11.3 Å². The number of halogens is 1. The SMILES string of the molecule is CCc1cc2c(Nc3ccc(C(=O)OC)cc3)nc(Cl)nc2s1. The highest BCUT2D eigenvalue weighted by Gasteiger charge is 2.11. The van der Waals surface area contributed by atoms with Crippen molar-refractivity contribution in [2.75, 3.05) is 12.4 Å². The van der Waals surface area contributed by atoms with Crippen LogP contribution in [0, 0.1) is 0 Å². The van der Waals surface area contributed by atoms with Gasteiger partial charge < -0.3 is 10.1 Å². The molecule has 0 atom stereocenters. The van der Waals surface area contributed by atoms with E-state index < -0.39 is 0 Å². The van der Waals surface area contributed by atoms with E-state index in [0.717, 1.165) is 22.3 Å². The van der Waals surface area contributed by atoms with Crippen LogP contribution in [-0.4, -0.2) is 23.0 Å². The third-order valence-electron chi connectivity index (χ3n) is 3.33. The summed E-state index contributed by atoms with van der Waals surface area (Å²) in [5, 5.41) is 4.37. The first-order valence-corrected chi connectivity index (χ1v) is 8.21. The Morgan fingerprint density at radius 1 is 1.30 bits per heavy atom. The lowest BCUT2D eigenvalue weighted by molar-refractivity contribution is 0.0601. The smallest absolute Gasteiger partial charge is 0.337 e. The second-order valence-corrected chi connectivity index (χ2v) is 6.27. The fourth-order valence-corrected chi connectivity index (χ4v) is 3.35. The molecule has 3 aromatic rings. The number of aromatic nitrogens is 2. The number of hydrogen-bond acceptors (Lipinski definition) is 6. The summed E-state index contributed by atoms with van der Waals surface area (Å²) in [6, 6.07) is 9.04. The number of rotatable bonds is 4. The van der Waals surface area contributed by atoms with Gasteiger partial charge in [-0.2, -0.15) is 4.98 Å². The van der Waals surface area contributed by atoms with Crippen LogP contribution in [-0.2, 0) is 11.2 Å². The first kappa shape index (κ1) is 15.7. The Morgan fingerprint density at radius 3 is 2.70 bits per heavy atom. The van der Waals surface area contributed by atoms with Gasteiger partial charge in [-0.3, -0.25) is 0 Å². The molecular weight excluding hydrogens is 334 g/mol. The quantitative estimate of drug-likeness (QED) is 0.558. The number of nitrogens with zero attached hydrogens (tertiary/aromatic N) is 2. The zero-order valence-electron chi connectivity index (χ0n) is 12.6. The molecule has 23 heavy (non-hydrogen) atoms. The van der Waals surface area contributed by atoms with Gasteiger partial charge >= 0.3 is 5.97 Å². The standard InChI is InChI=1S/C16H14ClN3O2S/c1-3-11-8-12-13(19-16(17)20-14(12)23-11)18-10-6-4-9(5-7-10)15(21)22-2/h4-8H,3H2,1-2H3,(H,18,19,20). The van der Waals surface area contributed by atoms with Crippen molar-refractivity contribution in [2.45, 2.75) is 13.3 Å². The summed E-state index contributed by atoms with van der Waals surface area (Å²) >= 11 is 7.62. The van der Waals surface area contributed by atoms with Crippen molar-refractivity contribution < 1.29 is 9.53 Å². The van der Waals surface area contributed by atoms with Crippen molar-refractivity contribution in [1.29, 1.82) is 0 Å². The molecule has 0 aliphatic heterocycles. The van der Waals surface area contributed by atoms with E-state index in [0.29, 0.717) is 11.4 Å². The second kappa shape index (κ2) is 6.52. The number of anilines is 2. The average molecular weight is 348 g/mol. The van der Waals surface area contributed by atoms with Gasteiger partial charge in [-0.1, -0.05) is 6.92 Å². The number of fused-ring (bicyclic) bond motifs is 1. The molecule has 0 aliphatic rings. The predicted octanol–water partition coefficient (Wildman–Crippen LogP) is 4.44. The Hall–Kier alpha value is -2.18. The molecule has 3 rings (SSSR count). The number of hydrogen-bond donors (Lipinski definition) is 1. The van der Waals surface area contributed by atoms with Gasteiger partial charge in [0.05, 0.1) is 18.1 Å². The highest BCUT2D eigenvalue weighted by atomic mass is 35.5. The van der Waals surface area contributed by atoms with Crippen molar-refractivity contribution >= 4 is 50.6 Å². The molecule has 1 N–H and O–H groups in total. The van der Waals surface area contributed by atoms with Crippen LogP contribution in [0.15, 0.2) is 30.3 Å². The van der Waals surface area contributed by atoms with Gasteiger partial charge in [0.1, 0.15) is 10.6 Å². The van der Waals surface area contributed by atoms with E-state index in [1.165, 1.54) is 12.0 Å². The first-order valence-electron chi connectivity index (χ1n) is 7.02. The van der Waals surface area contributed by atoms with E-state index in [1.807, 2.05) is 0 Å². The zero-order valence-corrected chi connectivity index (χ0v) is 14.2. The second-order valence-electron chi connectivity index (χ2n) is 4.82. The Bertz CT molecular complexity index is 862. The summed E-state index contributed by atoms with van der Waals surface area (Å²) in [5.41, 5.74) is 1.30. The van der Waals surface area contributed by atoms with Gasteiger partial charge in [0, 0.05) is 10.6 Å². The van der Waals surface area contributed by atoms with Gasteiger partial charge in [-0.05, 0) is 48.4 Å². The summed E-state index contributed by atoms with van der Waals surface area (Å²) in [5.74, 6) is 0.288. The molecule has 0 aliphatic carbocycles. The summed E-state index contributed by atoms with van der Waals surface area (Å²) in [4.78, 5) is 22.1. The molecule has 0 saturated carbocycles. The first-order chi connectivity index (χ1) is 11.1. The number of esters is 1. The minimum absolute atomic E-state index is 0.204. The minimum atomic E-state index is -0.366. The summed E-state index contributed by atoms with van der Waals surface area (Å²) < 4.78 is 4.69. The molecule has 2 aromatic heterocycles. The van der Waals surface area contributed by atoms with Crippen LogP contribution in [0.1, 0.15) is 22.2 Å². The van der Waals surface area contributed by atoms with Crippen LogP contribution in [0.2, 0.25) is 5.28 Å². The third-order valence-corrected chi connectivity index (χ3v) is 4.68. The number of benzene rings is 1. The number of methoxy groups -OCH3 is 1. The maximum absolute atomic E-state index is 11.5. The Labute approximate surface area is 142 Å². The van der Waals surface area contributed by atoms with E-state index in [9.17, 15) is 4.79 Å². The summed E-state index contributed by atoms with van der Waals surface area (Å²) in [6.45, 7) is 2.10. The summed E-state index contributed by atoms with van der Waals surface area (Å²) in [6.07, 6.45) is 0.936. The molecule has 0 spiro atoms. The van der Waals surface area contributed by atoms with Gasteiger partial charge in [0.2, 0.25) is 5.28 Å². The third kappa shape index (κ3) is 3.28. The minimum Gasteiger partial charge on any atom is -0.465 e. The monoisotopic (exact) mass is 347 g/mol. The predicted molar refractivity (Wildman–Crippen MR) is 92.9 cm³/mol. The van der Waals surface area contributed by atoms with Crippen LogP contribution >= 0.6 is 22.9 Å². The van der Waals surface area contributed by atoms with Crippen LogP contribution in [0.25, 0.3) is 10.2 Å². The molecular formula is C16H14ClN3O2S. The lowest BCUT2D eigenvalue weighted by Crippen LogP contribution is -2.01. The van der Waals surface area contributed by atoms with Crippen molar-refractivity contribution in [1.82, 2.24) is 9.97 Å². The van der Waals surface area contributed by atoms with Gasteiger partial charge in [-0.25, -0.2) is 9.78 Å². The van der Waals surface area contributed by atoms with Crippen molar-refractivity contribution in [2.24, 2.45) is 0 Å². The fraction of sp³-hybridized carbons (Fsp3) is 0.188. The maximum atomic E-state index is 11.5. The van der Waals surface area contributed by atoms with E-state index in [1.54, 1.807) is 35.6 Å². The molecule has 0 saturated heterocycles. The molecule has 118 valence electrons. The number of ether oxygens (including phenoxy) is 1. The van der Waals surface area contributed by atoms with Gasteiger partial charge in [0.15, 0.2) is 0 Å². The molecule has 7 heteroatoms. The Morgan fingerprint density at radius 2 is 2.04 bits per heavy atom. The molecule has 0 amide bonds. The van der Waals surface area contributed by atoms with E-state index in [2.05, 4.69) is 33.0 Å². The van der Waals surface area contributed by atoms with Crippen LogP contribution in [0.4, 0.5) is 11.5 Å². The highest BCUT2D eigenvalue weighted by molar-refractivity contribution is 7.18. The topological polar surface area (TPSA) is 64.1 Å². The largest absolute Gasteiger partial charge is 0.465 e. The molecule has 0 bridgehead atoms. The molecule has 1 aromatic carbocycles. The normalized spacial score (nSPS) is 10.7. The number of carbonyl (C=O) groups is 1. The maximum Gasteiger partial charge on any atom is 0.337 e. The molecule has 2 heterocycles. The summed E-state index contributed by atoms with van der Waals surface area (Å²) in [7, 11) is 1.36. The molecule has 0 fully saturated rings. The molecule has 0 unspecified atom stereocenters. The van der Waals surface area contributed by atoms with Crippen LogP contribution in [0.3, 0.4) is 0 Å². The lowest BCUT2D eigenvalue weighted by Gasteiger charge is -2.07.